The minimum atomic E-state index is -0.980. The topological polar surface area (TPSA) is 90.5 Å². The lowest BCUT2D eigenvalue weighted by molar-refractivity contribution is -0.123. The van der Waals surface area contributed by atoms with Gasteiger partial charge in [0.2, 0.25) is 5.91 Å². The number of aliphatic hydroxyl groups excluding tert-OH is 1. The van der Waals surface area contributed by atoms with E-state index in [4.69, 9.17) is 11.6 Å². The number of carbonyl (C=O) groups is 2. The quantitative estimate of drug-likeness (QED) is 0.648. The first-order valence-electron chi connectivity index (χ1n) is 6.89. The van der Waals surface area contributed by atoms with Crippen molar-refractivity contribution < 1.29 is 14.7 Å². The molecule has 2 aromatic carbocycles. The average Bonchev–Trinajstić information content (AvgIpc) is 2.54. The first-order chi connectivity index (χ1) is 11.0. The van der Waals surface area contributed by atoms with Crippen LogP contribution in [-0.4, -0.2) is 17.0 Å². The number of hydrogen-bond acceptors (Lipinski definition) is 3. The van der Waals surface area contributed by atoms with Crippen LogP contribution in [0.1, 0.15) is 18.1 Å². The average molecular weight is 334 g/mol. The number of carbonyl (C=O) groups excluding carboxylic acids is 2. The molecule has 1 unspecified atom stereocenters. The number of anilines is 1. The highest BCUT2D eigenvalue weighted by Crippen LogP contribution is 2.18. The Kier molecular flexibility index (Phi) is 5.96. The molecule has 0 aliphatic heterocycles. The Balaban J connectivity index is 1.76. The van der Waals surface area contributed by atoms with Gasteiger partial charge in [-0.05, 0) is 29.8 Å². The molecular weight excluding hydrogens is 318 g/mol. The predicted molar refractivity (Wildman–Crippen MR) is 87.8 cm³/mol. The number of hydrogen-bond donors (Lipinski definition) is 4. The largest absolute Gasteiger partial charge is 0.388 e. The van der Waals surface area contributed by atoms with Crippen LogP contribution in [0.25, 0.3) is 0 Å². The second-order valence-corrected chi connectivity index (χ2v) is 5.20. The van der Waals surface area contributed by atoms with Gasteiger partial charge < -0.3 is 10.4 Å². The smallest absolute Gasteiger partial charge is 0.337 e. The van der Waals surface area contributed by atoms with E-state index < -0.39 is 18.0 Å². The van der Waals surface area contributed by atoms with Gasteiger partial charge in [0.1, 0.15) is 0 Å². The van der Waals surface area contributed by atoms with Crippen molar-refractivity contribution in [3.05, 3.63) is 65.2 Å². The van der Waals surface area contributed by atoms with Crippen molar-refractivity contribution in [1.29, 1.82) is 0 Å². The molecule has 0 saturated carbocycles. The van der Waals surface area contributed by atoms with E-state index in [0.717, 1.165) is 0 Å². The highest BCUT2D eigenvalue weighted by molar-refractivity contribution is 6.30. The molecule has 0 aliphatic carbocycles. The van der Waals surface area contributed by atoms with E-state index in [-0.39, 0.29) is 6.42 Å². The number of benzene rings is 2. The van der Waals surface area contributed by atoms with Crippen LogP contribution in [0.5, 0.6) is 0 Å². The van der Waals surface area contributed by atoms with Gasteiger partial charge in [-0.1, -0.05) is 41.9 Å². The van der Waals surface area contributed by atoms with Gasteiger partial charge in [0.15, 0.2) is 0 Å². The van der Waals surface area contributed by atoms with E-state index in [1.807, 2.05) is 6.07 Å². The first kappa shape index (κ1) is 16.8. The Morgan fingerprint density at radius 2 is 1.65 bits per heavy atom. The third-order valence-corrected chi connectivity index (χ3v) is 3.23. The Bertz CT molecular complexity index is 662. The maximum Gasteiger partial charge on any atom is 0.337 e. The van der Waals surface area contributed by atoms with Gasteiger partial charge in [-0.15, -0.1) is 0 Å². The van der Waals surface area contributed by atoms with Gasteiger partial charge >= 0.3 is 6.03 Å². The Morgan fingerprint density at radius 3 is 2.30 bits per heavy atom. The van der Waals surface area contributed by atoms with Crippen molar-refractivity contribution in [1.82, 2.24) is 10.9 Å². The third kappa shape index (κ3) is 5.61. The molecule has 0 aliphatic rings. The predicted octanol–water partition coefficient (Wildman–Crippen LogP) is 2.62. The Hall–Kier alpha value is -2.57. The molecule has 3 amide bonds. The SMILES string of the molecule is O=C(CC(O)c1ccc(Cl)cc1)NNC(=O)Nc1ccccc1. The molecule has 0 saturated heterocycles. The summed E-state index contributed by atoms with van der Waals surface area (Å²) in [4.78, 5) is 23.3. The van der Waals surface area contributed by atoms with Crippen molar-refractivity contribution in [2.24, 2.45) is 0 Å². The van der Waals surface area contributed by atoms with Crippen LogP contribution in [0.4, 0.5) is 10.5 Å². The standard InChI is InChI=1S/C16H16ClN3O3/c17-12-8-6-11(7-9-12)14(21)10-15(22)19-20-16(23)18-13-4-2-1-3-5-13/h1-9,14,21H,10H2,(H,19,22)(H2,18,20,23). The number of aliphatic hydroxyl groups is 1. The van der Waals surface area contributed by atoms with Crippen LogP contribution in [0.3, 0.4) is 0 Å². The molecule has 120 valence electrons. The summed E-state index contributed by atoms with van der Waals surface area (Å²) in [5.74, 6) is -0.518. The van der Waals surface area contributed by atoms with Crippen molar-refractivity contribution in [2.45, 2.75) is 12.5 Å². The van der Waals surface area contributed by atoms with Gasteiger partial charge in [-0.2, -0.15) is 0 Å². The summed E-state index contributed by atoms with van der Waals surface area (Å²) in [7, 11) is 0. The van der Waals surface area contributed by atoms with E-state index in [9.17, 15) is 14.7 Å². The van der Waals surface area contributed by atoms with Gasteiger partial charge in [-0.25, -0.2) is 10.2 Å². The lowest BCUT2D eigenvalue weighted by Gasteiger charge is -2.12. The number of urea groups is 1. The first-order valence-corrected chi connectivity index (χ1v) is 7.27. The summed E-state index contributed by atoms with van der Waals surface area (Å²) in [5, 5.41) is 13.0. The number of nitrogens with one attached hydrogen (secondary N) is 3. The molecule has 0 spiro atoms. The molecule has 0 radical (unpaired) electrons. The van der Waals surface area contributed by atoms with E-state index >= 15 is 0 Å². The highest BCUT2D eigenvalue weighted by Gasteiger charge is 2.13. The van der Waals surface area contributed by atoms with Gasteiger partial charge in [0.25, 0.3) is 0 Å². The zero-order chi connectivity index (χ0) is 16.7. The zero-order valence-corrected chi connectivity index (χ0v) is 12.9. The van der Waals surface area contributed by atoms with Crippen LogP contribution in [-0.2, 0) is 4.79 Å². The molecule has 2 aromatic rings. The minimum absolute atomic E-state index is 0.187. The molecule has 2 rings (SSSR count). The molecule has 7 heteroatoms. The number of para-hydroxylation sites is 1. The van der Waals surface area contributed by atoms with E-state index in [1.54, 1.807) is 48.5 Å². The van der Waals surface area contributed by atoms with Crippen molar-refractivity contribution in [2.75, 3.05) is 5.32 Å². The monoisotopic (exact) mass is 333 g/mol. The Labute approximate surface area is 138 Å². The third-order valence-electron chi connectivity index (χ3n) is 2.98. The fourth-order valence-corrected chi connectivity index (χ4v) is 1.97. The van der Waals surface area contributed by atoms with Crippen molar-refractivity contribution in [3.8, 4) is 0 Å². The number of hydrazine groups is 1. The lowest BCUT2D eigenvalue weighted by Crippen LogP contribution is -2.44. The van der Waals surface area contributed by atoms with Crippen molar-refractivity contribution >= 4 is 29.2 Å². The van der Waals surface area contributed by atoms with E-state index in [0.29, 0.717) is 16.3 Å². The maximum absolute atomic E-state index is 11.7. The minimum Gasteiger partial charge on any atom is -0.388 e. The molecule has 1 atom stereocenters. The summed E-state index contributed by atoms with van der Waals surface area (Å²) in [6, 6.07) is 14.7. The van der Waals surface area contributed by atoms with Crippen LogP contribution in [0.15, 0.2) is 54.6 Å². The number of halogens is 1. The summed E-state index contributed by atoms with van der Waals surface area (Å²) >= 11 is 5.76. The summed E-state index contributed by atoms with van der Waals surface area (Å²) in [6.07, 6.45) is -1.17. The van der Waals surface area contributed by atoms with E-state index in [1.165, 1.54) is 0 Å². The van der Waals surface area contributed by atoms with Crippen LogP contribution in [0, 0.1) is 0 Å². The Morgan fingerprint density at radius 1 is 1.00 bits per heavy atom. The molecule has 0 aromatic heterocycles. The normalized spacial score (nSPS) is 11.4. The van der Waals surface area contributed by atoms with Gasteiger partial charge in [0, 0.05) is 10.7 Å². The highest BCUT2D eigenvalue weighted by atomic mass is 35.5. The molecule has 4 N–H and O–H groups in total. The fraction of sp³-hybridized carbons (Fsp3) is 0.125. The lowest BCUT2D eigenvalue weighted by atomic mass is 10.1. The fourth-order valence-electron chi connectivity index (χ4n) is 1.84. The second-order valence-electron chi connectivity index (χ2n) is 4.76. The summed E-state index contributed by atoms with van der Waals surface area (Å²) in [5.41, 5.74) is 5.61. The molecule has 0 heterocycles. The van der Waals surface area contributed by atoms with Gasteiger partial charge in [-0.3, -0.25) is 10.2 Å². The number of amides is 3. The second kappa shape index (κ2) is 8.17. The summed E-state index contributed by atoms with van der Waals surface area (Å²) < 4.78 is 0. The zero-order valence-electron chi connectivity index (χ0n) is 12.1. The molecule has 23 heavy (non-hydrogen) atoms. The van der Waals surface area contributed by atoms with Crippen LogP contribution < -0.4 is 16.2 Å². The van der Waals surface area contributed by atoms with Crippen molar-refractivity contribution in [3.63, 3.8) is 0 Å². The molecular formula is C16H16ClN3O3. The van der Waals surface area contributed by atoms with Gasteiger partial charge in [0.05, 0.1) is 12.5 Å². The molecule has 6 nitrogen and oxygen atoms in total. The molecule has 0 fully saturated rings. The van der Waals surface area contributed by atoms with Crippen LogP contribution >= 0.6 is 11.6 Å². The van der Waals surface area contributed by atoms with Crippen LogP contribution in [0.2, 0.25) is 5.02 Å². The summed E-state index contributed by atoms with van der Waals surface area (Å²) in [6.45, 7) is 0. The maximum atomic E-state index is 11.7. The molecule has 0 bridgehead atoms. The van der Waals surface area contributed by atoms with E-state index in [2.05, 4.69) is 16.2 Å². The number of rotatable bonds is 4.